The molecule has 9 heteroatoms. The van der Waals surface area contributed by atoms with Crippen molar-refractivity contribution in [2.24, 2.45) is 12.5 Å². The molecule has 9 nitrogen and oxygen atoms in total. The van der Waals surface area contributed by atoms with E-state index in [4.69, 9.17) is 9.47 Å². The molecule has 0 atom stereocenters. The lowest BCUT2D eigenvalue weighted by molar-refractivity contribution is -0.128. The number of likely N-dealkylation sites (tertiary alicyclic amines) is 1. The number of hydrogen-bond acceptors (Lipinski definition) is 6. The number of piperidine rings is 1. The van der Waals surface area contributed by atoms with Gasteiger partial charge in [0, 0.05) is 50.6 Å². The van der Waals surface area contributed by atoms with Gasteiger partial charge in [0.1, 0.15) is 28.7 Å². The second-order valence-electron chi connectivity index (χ2n) is 11.4. The second-order valence-corrected chi connectivity index (χ2v) is 11.4. The zero-order valence-electron chi connectivity index (χ0n) is 25.0. The van der Waals surface area contributed by atoms with Crippen molar-refractivity contribution in [2.45, 2.75) is 53.5 Å². The van der Waals surface area contributed by atoms with Gasteiger partial charge in [-0.1, -0.05) is 26.8 Å². The van der Waals surface area contributed by atoms with Gasteiger partial charge in [-0.2, -0.15) is 5.26 Å². The Balaban J connectivity index is 1.87. The highest BCUT2D eigenvalue weighted by molar-refractivity contribution is 6.01. The fraction of sp³-hybridized carbons (Fsp3) is 0.484. The summed E-state index contributed by atoms with van der Waals surface area (Å²) in [5, 5.41) is 9.52. The van der Waals surface area contributed by atoms with E-state index in [1.807, 2.05) is 33.8 Å². The molecule has 2 amide bonds. The lowest BCUT2D eigenvalue weighted by atomic mass is 9.93. The molecule has 2 aromatic rings. The average Bonchev–Trinajstić information content (AvgIpc) is 2.94. The molecule has 3 rings (SSSR count). The molecule has 1 aromatic heterocycles. The summed E-state index contributed by atoms with van der Waals surface area (Å²) in [6, 6.07) is 5.53. The molecule has 0 spiro atoms. The number of carbonyl (C=O) groups excluding carboxylic acids is 2. The normalized spacial score (nSPS) is 14.5. The van der Waals surface area contributed by atoms with Gasteiger partial charge < -0.3 is 23.8 Å². The largest absolute Gasteiger partial charge is 0.496 e. The zero-order chi connectivity index (χ0) is 29.9. The van der Waals surface area contributed by atoms with Gasteiger partial charge >= 0.3 is 0 Å². The molecule has 0 N–H and O–H groups in total. The van der Waals surface area contributed by atoms with Crippen LogP contribution in [0.4, 0.5) is 0 Å². The topological polar surface area (TPSA) is 105 Å². The molecule has 1 aliphatic heterocycles. The quantitative estimate of drug-likeness (QED) is 0.395. The molecule has 0 radical (unpaired) electrons. The van der Waals surface area contributed by atoms with Gasteiger partial charge in [0.25, 0.3) is 17.4 Å². The highest BCUT2D eigenvalue weighted by atomic mass is 16.5. The number of pyridine rings is 1. The van der Waals surface area contributed by atoms with Crippen molar-refractivity contribution in [2.75, 3.05) is 34.4 Å². The van der Waals surface area contributed by atoms with E-state index in [1.54, 1.807) is 59.8 Å². The first kappa shape index (κ1) is 30.5. The molecule has 1 aliphatic rings. The van der Waals surface area contributed by atoms with E-state index >= 15 is 0 Å². The molecule has 0 saturated carbocycles. The molecule has 214 valence electrons. The van der Waals surface area contributed by atoms with Crippen LogP contribution in [0, 0.1) is 30.6 Å². The molecule has 1 aromatic carbocycles. The number of aromatic nitrogens is 1. The number of benzene rings is 1. The molecular weight excluding hydrogens is 508 g/mol. The van der Waals surface area contributed by atoms with E-state index < -0.39 is 0 Å². The van der Waals surface area contributed by atoms with Crippen LogP contribution in [-0.2, 0) is 11.8 Å². The number of ether oxygens (including phenoxy) is 2. The maximum atomic E-state index is 13.8. The van der Waals surface area contributed by atoms with Crippen molar-refractivity contribution < 1.29 is 19.1 Å². The van der Waals surface area contributed by atoms with E-state index in [9.17, 15) is 19.6 Å². The first-order valence-corrected chi connectivity index (χ1v) is 13.4. The van der Waals surface area contributed by atoms with Gasteiger partial charge in [0.05, 0.1) is 14.2 Å². The van der Waals surface area contributed by atoms with Gasteiger partial charge in [0.15, 0.2) is 0 Å². The predicted molar refractivity (Wildman–Crippen MR) is 155 cm³/mol. The summed E-state index contributed by atoms with van der Waals surface area (Å²) in [4.78, 5) is 42.5. The summed E-state index contributed by atoms with van der Waals surface area (Å²) < 4.78 is 12.9. The molecule has 1 fully saturated rings. The molecule has 2 heterocycles. The minimum atomic E-state index is -0.284. The van der Waals surface area contributed by atoms with E-state index in [0.29, 0.717) is 48.6 Å². The number of nitriles is 1. The summed E-state index contributed by atoms with van der Waals surface area (Å²) in [5.41, 5.74) is 3.23. The molecule has 0 unspecified atom stereocenters. The number of amides is 2. The van der Waals surface area contributed by atoms with Gasteiger partial charge in [0.2, 0.25) is 0 Å². The highest BCUT2D eigenvalue weighted by Gasteiger charge is 2.32. The highest BCUT2D eigenvalue weighted by Crippen LogP contribution is 2.37. The van der Waals surface area contributed by atoms with Crippen molar-refractivity contribution >= 4 is 11.8 Å². The van der Waals surface area contributed by atoms with Crippen LogP contribution in [0.15, 0.2) is 34.8 Å². The monoisotopic (exact) mass is 548 g/mol. The third-order valence-electron chi connectivity index (χ3n) is 7.51. The lowest BCUT2D eigenvalue weighted by Gasteiger charge is -2.37. The summed E-state index contributed by atoms with van der Waals surface area (Å²) in [7, 11) is 6.48. The van der Waals surface area contributed by atoms with Crippen molar-refractivity contribution in [3.05, 3.63) is 57.0 Å². The van der Waals surface area contributed by atoms with Crippen LogP contribution in [0.1, 0.15) is 55.1 Å². The molecule has 0 aliphatic carbocycles. The Bertz CT molecular complexity index is 1410. The fourth-order valence-corrected chi connectivity index (χ4v) is 5.09. The summed E-state index contributed by atoms with van der Waals surface area (Å²) in [6.07, 6.45) is 4.65. The van der Waals surface area contributed by atoms with Crippen LogP contribution in [0.5, 0.6) is 11.5 Å². The van der Waals surface area contributed by atoms with Gasteiger partial charge in [-0.15, -0.1) is 0 Å². The zero-order valence-corrected chi connectivity index (χ0v) is 25.0. The summed E-state index contributed by atoms with van der Waals surface area (Å²) >= 11 is 0. The van der Waals surface area contributed by atoms with Crippen LogP contribution in [-0.4, -0.2) is 66.6 Å². The minimum Gasteiger partial charge on any atom is -0.496 e. The van der Waals surface area contributed by atoms with Crippen LogP contribution in [0.3, 0.4) is 0 Å². The van der Waals surface area contributed by atoms with Crippen LogP contribution in [0.2, 0.25) is 0 Å². The maximum absolute atomic E-state index is 13.8. The first-order chi connectivity index (χ1) is 18.7. The number of methoxy groups -OCH3 is 2. The van der Waals surface area contributed by atoms with Crippen LogP contribution >= 0.6 is 0 Å². The Morgan fingerprint density at radius 2 is 1.62 bits per heavy atom. The molecule has 40 heavy (non-hydrogen) atoms. The van der Waals surface area contributed by atoms with Gasteiger partial charge in [-0.3, -0.25) is 14.4 Å². The third-order valence-corrected chi connectivity index (χ3v) is 7.51. The second kappa shape index (κ2) is 12.0. The standard InChI is InChI=1S/C31H40N4O5/c1-19-20(2)28(36)33(6)18-24(19)21-14-25(39-8)27(26(15-21)40-9)30(38)34(7)23-10-12-35(13-11-23)29(37)22(17-32)16-31(3,4)5/h14-16,18,23H,10-13H2,1-9H3/b22-16+. The molecule has 1 saturated heterocycles. The molecule has 0 bridgehead atoms. The van der Waals surface area contributed by atoms with Gasteiger partial charge in [-0.25, -0.2) is 0 Å². The van der Waals surface area contributed by atoms with Crippen LogP contribution < -0.4 is 15.0 Å². The summed E-state index contributed by atoms with van der Waals surface area (Å²) in [6.45, 7) is 10.4. The van der Waals surface area contributed by atoms with E-state index in [1.165, 1.54) is 14.2 Å². The number of aryl methyl sites for hydroxylation is 1. The Kier molecular flexibility index (Phi) is 9.14. The number of rotatable bonds is 6. The predicted octanol–water partition coefficient (Wildman–Crippen LogP) is 4.25. The van der Waals surface area contributed by atoms with Gasteiger partial charge in [-0.05, 0) is 55.4 Å². The fourth-order valence-electron chi connectivity index (χ4n) is 5.09. The molecular formula is C31H40N4O5. The lowest BCUT2D eigenvalue weighted by Crippen LogP contribution is -2.47. The number of allylic oxidation sites excluding steroid dienone is 1. The Hall–Kier alpha value is -4.06. The van der Waals surface area contributed by atoms with Crippen molar-refractivity contribution in [1.82, 2.24) is 14.4 Å². The van der Waals surface area contributed by atoms with Crippen molar-refractivity contribution in [3.8, 4) is 28.7 Å². The van der Waals surface area contributed by atoms with Crippen LogP contribution in [0.25, 0.3) is 11.1 Å². The SMILES string of the molecule is COc1cc(-c2cn(C)c(=O)c(C)c2C)cc(OC)c1C(=O)N(C)C1CCN(C(=O)/C(C#N)=C/C(C)(C)C)CC1. The minimum absolute atomic E-state index is 0.0598. The number of nitrogens with zero attached hydrogens (tertiary/aromatic N) is 4. The Labute approximate surface area is 236 Å². The van der Waals surface area contributed by atoms with Crippen molar-refractivity contribution in [1.29, 1.82) is 5.26 Å². The Morgan fingerprint density at radius 3 is 2.10 bits per heavy atom. The number of hydrogen-bond donors (Lipinski definition) is 0. The number of carbonyl (C=O) groups is 2. The Morgan fingerprint density at radius 1 is 1.07 bits per heavy atom. The van der Waals surface area contributed by atoms with E-state index in [2.05, 4.69) is 0 Å². The average molecular weight is 549 g/mol. The first-order valence-electron chi connectivity index (χ1n) is 13.4. The van der Waals surface area contributed by atoms with Crippen molar-refractivity contribution in [3.63, 3.8) is 0 Å². The smallest absolute Gasteiger partial charge is 0.264 e. The maximum Gasteiger partial charge on any atom is 0.264 e. The van der Waals surface area contributed by atoms with E-state index in [-0.39, 0.29) is 34.4 Å². The van der Waals surface area contributed by atoms with E-state index in [0.717, 1.165) is 16.7 Å². The summed E-state index contributed by atoms with van der Waals surface area (Å²) in [5.74, 6) is 0.225. The third kappa shape index (κ3) is 6.22.